The van der Waals surface area contributed by atoms with Crippen molar-refractivity contribution in [3.63, 3.8) is 0 Å². The van der Waals surface area contributed by atoms with Crippen molar-refractivity contribution in [2.24, 2.45) is 0 Å². The number of carbonyl (C=O) groups excluding carboxylic acids is 1. The van der Waals surface area contributed by atoms with Gasteiger partial charge in [0.1, 0.15) is 73.2 Å². The highest BCUT2D eigenvalue weighted by atomic mass is 16.8. The number of hydrogen-bond acceptors (Lipinski definition) is 18. The van der Waals surface area contributed by atoms with Gasteiger partial charge in [-0.3, -0.25) is 4.79 Å². The molecule has 432 valence electrons. The maximum atomic E-state index is 12.9. The van der Waals surface area contributed by atoms with Crippen LogP contribution in [0.25, 0.3) is 0 Å². The molecule has 19 heteroatoms. The first-order valence-electron chi connectivity index (χ1n) is 28.2. The predicted molar refractivity (Wildman–Crippen MR) is 277 cm³/mol. The highest BCUT2D eigenvalue weighted by molar-refractivity contribution is 5.76. The van der Waals surface area contributed by atoms with Crippen LogP contribution < -0.4 is 5.32 Å². The molecular formula is C55H99NO18. The van der Waals surface area contributed by atoms with Gasteiger partial charge < -0.3 is 89.9 Å². The number of allylic oxidation sites excluding steroid dienone is 5. The minimum Gasteiger partial charge on any atom is -0.394 e. The summed E-state index contributed by atoms with van der Waals surface area (Å²) in [5.74, 6) is -0.316. The van der Waals surface area contributed by atoms with E-state index in [4.69, 9.17) is 28.4 Å². The van der Waals surface area contributed by atoms with Crippen molar-refractivity contribution in [3.05, 3.63) is 36.5 Å². The molecule has 19 nitrogen and oxygen atoms in total. The van der Waals surface area contributed by atoms with E-state index < -0.39 is 124 Å². The number of aliphatic hydroxyl groups is 11. The molecule has 0 aromatic rings. The van der Waals surface area contributed by atoms with Crippen molar-refractivity contribution < 1.29 is 89.4 Å². The predicted octanol–water partition coefficient (Wildman–Crippen LogP) is 3.76. The van der Waals surface area contributed by atoms with E-state index in [1.165, 1.54) is 103 Å². The summed E-state index contributed by atoms with van der Waals surface area (Å²) in [5.41, 5.74) is 0. The molecule has 0 aromatic heterocycles. The van der Waals surface area contributed by atoms with Crippen molar-refractivity contribution in [1.29, 1.82) is 0 Å². The van der Waals surface area contributed by atoms with E-state index in [1.807, 2.05) is 13.0 Å². The Hall–Kier alpha value is -1.99. The zero-order valence-corrected chi connectivity index (χ0v) is 44.6. The summed E-state index contributed by atoms with van der Waals surface area (Å²) in [4.78, 5) is 12.9. The summed E-state index contributed by atoms with van der Waals surface area (Å²) < 4.78 is 33.9. The van der Waals surface area contributed by atoms with Crippen LogP contribution in [-0.2, 0) is 33.2 Å². The van der Waals surface area contributed by atoms with Gasteiger partial charge in [0, 0.05) is 6.42 Å². The Morgan fingerprint density at radius 3 is 1.35 bits per heavy atom. The van der Waals surface area contributed by atoms with Crippen LogP contribution in [0, 0.1) is 0 Å². The van der Waals surface area contributed by atoms with Crippen LogP contribution in [0.2, 0.25) is 0 Å². The molecule has 3 fully saturated rings. The fourth-order valence-corrected chi connectivity index (χ4v) is 9.46. The van der Waals surface area contributed by atoms with Gasteiger partial charge in [0.05, 0.1) is 38.6 Å². The Morgan fingerprint density at radius 2 is 0.865 bits per heavy atom. The molecule has 3 aliphatic rings. The summed E-state index contributed by atoms with van der Waals surface area (Å²) in [6.45, 7) is 1.48. The molecule has 17 unspecified atom stereocenters. The van der Waals surface area contributed by atoms with Crippen LogP contribution in [0.5, 0.6) is 0 Å². The smallest absolute Gasteiger partial charge is 0.220 e. The van der Waals surface area contributed by atoms with Crippen LogP contribution in [0.1, 0.15) is 174 Å². The lowest BCUT2D eigenvalue weighted by Gasteiger charge is -2.48. The number of rotatable bonds is 40. The largest absolute Gasteiger partial charge is 0.394 e. The van der Waals surface area contributed by atoms with Gasteiger partial charge in [0.2, 0.25) is 5.91 Å². The molecule has 0 aliphatic carbocycles. The molecule has 3 aliphatic heterocycles. The van der Waals surface area contributed by atoms with Gasteiger partial charge in [-0.1, -0.05) is 159 Å². The number of hydrogen-bond donors (Lipinski definition) is 12. The minimum atomic E-state index is -1.98. The van der Waals surface area contributed by atoms with E-state index in [9.17, 15) is 61.0 Å². The van der Waals surface area contributed by atoms with Crippen molar-refractivity contribution in [3.8, 4) is 0 Å². The number of unbranched alkanes of at least 4 members (excludes halogenated alkanes) is 20. The Labute approximate surface area is 440 Å². The second kappa shape index (κ2) is 39.4. The zero-order chi connectivity index (χ0) is 54.1. The van der Waals surface area contributed by atoms with E-state index in [-0.39, 0.29) is 18.9 Å². The van der Waals surface area contributed by atoms with Crippen LogP contribution in [0.4, 0.5) is 0 Å². The number of ether oxygens (including phenoxy) is 6. The quantitative estimate of drug-likeness (QED) is 0.0307. The van der Waals surface area contributed by atoms with Crippen molar-refractivity contribution in [2.75, 3.05) is 26.4 Å². The number of aliphatic hydroxyl groups excluding tert-OH is 11. The molecule has 0 radical (unpaired) electrons. The SMILES string of the molecule is CCCCCCCCCCCCCCCCCC/C=C/CC/C=C/CC/C=C/C(O)C(COC1OC(CO)C(OC2OC(CO)C(OC3OC(CO)C(O)C(O)C3O)C(O)C2O)C(O)C1O)NC(=O)CCCCC. The summed E-state index contributed by atoms with van der Waals surface area (Å²) >= 11 is 0. The van der Waals surface area contributed by atoms with Crippen molar-refractivity contribution in [1.82, 2.24) is 5.32 Å². The Bertz CT molecular complexity index is 1500. The molecule has 0 spiro atoms. The molecule has 3 rings (SSSR count). The van der Waals surface area contributed by atoms with Gasteiger partial charge in [-0.15, -0.1) is 0 Å². The van der Waals surface area contributed by atoms with E-state index in [0.717, 1.165) is 38.5 Å². The molecule has 1 amide bonds. The molecule has 3 saturated heterocycles. The second-order valence-corrected chi connectivity index (χ2v) is 20.4. The Kier molecular flexibility index (Phi) is 35.3. The monoisotopic (exact) mass is 1060 g/mol. The van der Waals surface area contributed by atoms with Gasteiger partial charge in [0.25, 0.3) is 0 Å². The number of amides is 1. The topological polar surface area (TPSA) is 307 Å². The first-order chi connectivity index (χ1) is 35.8. The normalized spacial score (nSPS) is 31.7. The lowest BCUT2D eigenvalue weighted by Crippen LogP contribution is -2.66. The first-order valence-corrected chi connectivity index (χ1v) is 28.2. The maximum absolute atomic E-state index is 12.9. The third-order valence-corrected chi connectivity index (χ3v) is 14.2. The zero-order valence-electron chi connectivity index (χ0n) is 44.6. The summed E-state index contributed by atoms with van der Waals surface area (Å²) in [6.07, 6.45) is 14.2. The van der Waals surface area contributed by atoms with Gasteiger partial charge >= 0.3 is 0 Å². The minimum absolute atomic E-state index is 0.217. The fraction of sp³-hybridized carbons (Fsp3) is 0.873. The molecule has 3 heterocycles. The Morgan fingerprint density at radius 1 is 0.473 bits per heavy atom. The molecule has 0 saturated carbocycles. The summed E-state index contributed by atoms with van der Waals surface area (Å²) in [5, 5.41) is 119. The van der Waals surface area contributed by atoms with Crippen LogP contribution in [0.15, 0.2) is 36.5 Å². The number of carbonyl (C=O) groups is 1. The van der Waals surface area contributed by atoms with E-state index >= 15 is 0 Å². The lowest BCUT2D eigenvalue weighted by molar-refractivity contribution is -0.379. The van der Waals surface area contributed by atoms with Crippen LogP contribution in [0.3, 0.4) is 0 Å². The van der Waals surface area contributed by atoms with Crippen LogP contribution >= 0.6 is 0 Å². The third kappa shape index (κ3) is 23.9. The molecule has 0 aromatic carbocycles. The van der Waals surface area contributed by atoms with E-state index in [1.54, 1.807) is 6.08 Å². The van der Waals surface area contributed by atoms with Gasteiger partial charge in [-0.2, -0.15) is 0 Å². The van der Waals surface area contributed by atoms with Gasteiger partial charge in [0.15, 0.2) is 18.9 Å². The standard InChI is InChI=1S/C55H99NO18/c1-3-5-7-8-9-10-11-12-13-14-15-16-17-18-19-20-21-22-23-24-25-26-27-28-29-31-32-39(60)38(56-43(61)33-30-6-4-2)37-69-53-49(67)46(64)51(41(35-58)71-53)74-55-50(68)47(65)52(42(36-59)72-55)73-54-48(66)45(63)44(62)40(34-57)70-54/h22-23,26-27,31-32,38-42,44-55,57-60,62-68H,3-21,24-25,28-30,33-37H2,1-2H3,(H,56,61)/b23-22+,27-26+,32-31+. The first kappa shape index (κ1) is 66.3. The maximum Gasteiger partial charge on any atom is 0.220 e. The number of nitrogens with one attached hydrogen (secondary N) is 1. The molecule has 0 bridgehead atoms. The van der Waals surface area contributed by atoms with Gasteiger partial charge in [-0.25, -0.2) is 0 Å². The van der Waals surface area contributed by atoms with Crippen LogP contribution in [-0.4, -0.2) is 193 Å². The third-order valence-electron chi connectivity index (χ3n) is 14.2. The highest BCUT2D eigenvalue weighted by Gasteiger charge is 2.53. The van der Waals surface area contributed by atoms with E-state index in [2.05, 4.69) is 36.5 Å². The summed E-state index contributed by atoms with van der Waals surface area (Å²) in [6, 6.07) is -0.989. The average Bonchev–Trinajstić information content (AvgIpc) is 3.39. The second-order valence-electron chi connectivity index (χ2n) is 20.4. The van der Waals surface area contributed by atoms with Gasteiger partial charge in [-0.05, 0) is 44.9 Å². The highest BCUT2D eigenvalue weighted by Crippen LogP contribution is 2.33. The fourth-order valence-electron chi connectivity index (χ4n) is 9.46. The molecule has 74 heavy (non-hydrogen) atoms. The molecule has 17 atom stereocenters. The Balaban J connectivity index is 1.40. The average molecular weight is 1060 g/mol. The summed E-state index contributed by atoms with van der Waals surface area (Å²) in [7, 11) is 0. The lowest BCUT2D eigenvalue weighted by atomic mass is 9.96. The van der Waals surface area contributed by atoms with Crippen molar-refractivity contribution >= 4 is 5.91 Å². The van der Waals surface area contributed by atoms with Crippen molar-refractivity contribution in [2.45, 2.75) is 279 Å². The van der Waals surface area contributed by atoms with E-state index in [0.29, 0.717) is 12.8 Å². The molecule has 12 N–H and O–H groups in total. The molecular weight excluding hydrogens is 963 g/mol.